The molecule has 0 aliphatic rings. The Hall–Kier alpha value is -0.810. The van der Waals surface area contributed by atoms with E-state index < -0.39 is 23.6 Å². The molecule has 86 valence electrons. The van der Waals surface area contributed by atoms with Crippen molar-refractivity contribution < 1.29 is 17.6 Å². The summed E-state index contributed by atoms with van der Waals surface area (Å²) in [6.07, 6.45) is -4.67. The zero-order valence-electron chi connectivity index (χ0n) is 7.81. The predicted molar refractivity (Wildman–Crippen MR) is 51.3 cm³/mol. The SMILES string of the molecule is CC(N)c1cccc(C(F)(F)F)c1F.Cl. The summed E-state index contributed by atoms with van der Waals surface area (Å²) >= 11 is 0. The number of hydrogen-bond donors (Lipinski definition) is 1. The third-order valence-corrected chi connectivity index (χ3v) is 1.82. The van der Waals surface area contributed by atoms with Crippen molar-refractivity contribution in [3.05, 3.63) is 35.1 Å². The second kappa shape index (κ2) is 4.81. The second-order valence-electron chi connectivity index (χ2n) is 3.00. The first-order valence-corrected chi connectivity index (χ1v) is 3.95. The smallest absolute Gasteiger partial charge is 0.324 e. The number of hydrogen-bond acceptors (Lipinski definition) is 1. The van der Waals surface area contributed by atoms with Gasteiger partial charge < -0.3 is 5.73 Å². The predicted octanol–water partition coefficient (Wildman–Crippen LogP) is 3.29. The normalized spacial score (nSPS) is 13.2. The van der Waals surface area contributed by atoms with Crippen molar-refractivity contribution >= 4 is 12.4 Å². The third kappa shape index (κ3) is 3.07. The molecule has 2 N–H and O–H groups in total. The first-order valence-electron chi connectivity index (χ1n) is 3.95. The van der Waals surface area contributed by atoms with Crippen LogP contribution < -0.4 is 5.73 Å². The summed E-state index contributed by atoms with van der Waals surface area (Å²) in [7, 11) is 0. The van der Waals surface area contributed by atoms with Gasteiger partial charge >= 0.3 is 6.18 Å². The Labute approximate surface area is 90.7 Å². The lowest BCUT2D eigenvalue weighted by Gasteiger charge is -2.12. The van der Waals surface area contributed by atoms with Crippen molar-refractivity contribution in [3.8, 4) is 0 Å². The monoisotopic (exact) mass is 243 g/mol. The van der Waals surface area contributed by atoms with Crippen LogP contribution in [0.1, 0.15) is 24.1 Å². The van der Waals surface area contributed by atoms with Crippen LogP contribution in [0.3, 0.4) is 0 Å². The van der Waals surface area contributed by atoms with E-state index in [1.807, 2.05) is 0 Å². The molecule has 1 nitrogen and oxygen atoms in total. The molecular formula is C9H10ClF4N. The van der Waals surface area contributed by atoms with Crippen LogP contribution in [0, 0.1) is 5.82 Å². The Kier molecular flexibility index (Phi) is 4.55. The molecule has 1 rings (SSSR count). The fourth-order valence-corrected chi connectivity index (χ4v) is 1.12. The first kappa shape index (κ1) is 14.2. The highest BCUT2D eigenvalue weighted by atomic mass is 35.5. The Morgan fingerprint density at radius 2 is 1.80 bits per heavy atom. The Balaban J connectivity index is 0.00000196. The van der Waals surface area contributed by atoms with Gasteiger partial charge in [0.15, 0.2) is 0 Å². The number of benzene rings is 1. The van der Waals surface area contributed by atoms with E-state index in [0.29, 0.717) is 6.07 Å². The topological polar surface area (TPSA) is 26.0 Å². The van der Waals surface area contributed by atoms with Crippen molar-refractivity contribution in [2.75, 3.05) is 0 Å². The largest absolute Gasteiger partial charge is 0.419 e. The molecule has 1 aromatic rings. The third-order valence-electron chi connectivity index (χ3n) is 1.82. The summed E-state index contributed by atoms with van der Waals surface area (Å²) in [4.78, 5) is 0. The van der Waals surface area contributed by atoms with Gasteiger partial charge in [-0.05, 0) is 13.0 Å². The molecule has 6 heteroatoms. The molecule has 0 aromatic heterocycles. The second-order valence-corrected chi connectivity index (χ2v) is 3.00. The lowest BCUT2D eigenvalue weighted by atomic mass is 10.0. The van der Waals surface area contributed by atoms with Crippen LogP contribution in [-0.4, -0.2) is 0 Å². The van der Waals surface area contributed by atoms with Crippen LogP contribution in [0.15, 0.2) is 18.2 Å². The van der Waals surface area contributed by atoms with Crippen LogP contribution in [0.25, 0.3) is 0 Å². The van der Waals surface area contributed by atoms with Gasteiger partial charge in [0.25, 0.3) is 0 Å². The highest BCUT2D eigenvalue weighted by Gasteiger charge is 2.34. The number of halogens is 5. The van der Waals surface area contributed by atoms with Gasteiger partial charge in [0.05, 0.1) is 5.56 Å². The summed E-state index contributed by atoms with van der Waals surface area (Å²) in [6.45, 7) is 1.43. The minimum Gasteiger partial charge on any atom is -0.324 e. The molecule has 0 aliphatic heterocycles. The van der Waals surface area contributed by atoms with E-state index in [-0.39, 0.29) is 18.0 Å². The van der Waals surface area contributed by atoms with Crippen molar-refractivity contribution in [3.63, 3.8) is 0 Å². The summed E-state index contributed by atoms with van der Waals surface area (Å²) in [6, 6.07) is 2.33. The number of rotatable bonds is 1. The minimum atomic E-state index is -4.67. The van der Waals surface area contributed by atoms with Gasteiger partial charge in [0, 0.05) is 11.6 Å². The van der Waals surface area contributed by atoms with Gasteiger partial charge in [0.1, 0.15) is 5.82 Å². The quantitative estimate of drug-likeness (QED) is 0.753. The fourth-order valence-electron chi connectivity index (χ4n) is 1.12. The Bertz CT molecular complexity index is 335. The average Bonchev–Trinajstić information content (AvgIpc) is 2.01. The van der Waals surface area contributed by atoms with Crippen LogP contribution in [0.4, 0.5) is 17.6 Å². The molecule has 0 radical (unpaired) electrons. The van der Waals surface area contributed by atoms with E-state index in [9.17, 15) is 17.6 Å². The van der Waals surface area contributed by atoms with Crippen LogP contribution in [0.5, 0.6) is 0 Å². The molecular weight excluding hydrogens is 234 g/mol. The van der Waals surface area contributed by atoms with Crippen molar-refractivity contribution in [2.24, 2.45) is 5.73 Å². The van der Waals surface area contributed by atoms with E-state index in [2.05, 4.69) is 0 Å². The summed E-state index contributed by atoms with van der Waals surface area (Å²) in [5, 5.41) is 0. The molecule has 15 heavy (non-hydrogen) atoms. The molecule has 0 fully saturated rings. The maximum absolute atomic E-state index is 13.2. The standard InChI is InChI=1S/C9H9F4N.ClH/c1-5(14)6-3-2-4-7(8(6)10)9(11,12)13;/h2-5H,14H2,1H3;1H. The highest BCUT2D eigenvalue weighted by molar-refractivity contribution is 5.85. The molecule has 0 heterocycles. The molecule has 1 unspecified atom stereocenters. The lowest BCUT2D eigenvalue weighted by Crippen LogP contribution is -2.14. The van der Waals surface area contributed by atoms with Crippen LogP contribution in [-0.2, 0) is 6.18 Å². The Morgan fingerprint density at radius 3 is 2.20 bits per heavy atom. The fraction of sp³-hybridized carbons (Fsp3) is 0.333. The van der Waals surface area contributed by atoms with Gasteiger partial charge in [-0.1, -0.05) is 12.1 Å². The van der Waals surface area contributed by atoms with Crippen molar-refractivity contribution in [1.29, 1.82) is 0 Å². The summed E-state index contributed by atoms with van der Waals surface area (Å²) in [5.74, 6) is -1.28. The van der Waals surface area contributed by atoms with E-state index in [4.69, 9.17) is 5.73 Å². The Morgan fingerprint density at radius 1 is 1.27 bits per heavy atom. The van der Waals surface area contributed by atoms with Gasteiger partial charge in [-0.2, -0.15) is 13.2 Å². The average molecular weight is 244 g/mol. The molecule has 0 saturated heterocycles. The van der Waals surface area contributed by atoms with Gasteiger partial charge in [0.2, 0.25) is 0 Å². The van der Waals surface area contributed by atoms with Crippen LogP contribution >= 0.6 is 12.4 Å². The van der Waals surface area contributed by atoms with Gasteiger partial charge in [-0.3, -0.25) is 0 Å². The lowest BCUT2D eigenvalue weighted by molar-refractivity contribution is -0.140. The molecule has 1 atom stereocenters. The van der Waals surface area contributed by atoms with Crippen molar-refractivity contribution in [2.45, 2.75) is 19.1 Å². The molecule has 0 aliphatic carbocycles. The zero-order valence-corrected chi connectivity index (χ0v) is 8.62. The van der Waals surface area contributed by atoms with Gasteiger partial charge in [-0.25, -0.2) is 4.39 Å². The molecule has 0 bridgehead atoms. The minimum absolute atomic E-state index is 0. The first-order chi connectivity index (χ1) is 6.34. The number of nitrogens with two attached hydrogens (primary N) is 1. The van der Waals surface area contributed by atoms with E-state index in [1.165, 1.54) is 13.0 Å². The van der Waals surface area contributed by atoms with Gasteiger partial charge in [-0.15, -0.1) is 12.4 Å². The van der Waals surface area contributed by atoms with Crippen molar-refractivity contribution in [1.82, 2.24) is 0 Å². The summed E-state index contributed by atoms with van der Waals surface area (Å²) < 4.78 is 49.9. The van der Waals surface area contributed by atoms with E-state index >= 15 is 0 Å². The van der Waals surface area contributed by atoms with E-state index in [0.717, 1.165) is 6.07 Å². The zero-order chi connectivity index (χ0) is 10.9. The molecule has 0 saturated carbocycles. The summed E-state index contributed by atoms with van der Waals surface area (Å²) in [5.41, 5.74) is 3.92. The maximum atomic E-state index is 13.2. The maximum Gasteiger partial charge on any atom is 0.419 e. The van der Waals surface area contributed by atoms with Crippen LogP contribution in [0.2, 0.25) is 0 Å². The van der Waals surface area contributed by atoms with E-state index in [1.54, 1.807) is 0 Å². The highest BCUT2D eigenvalue weighted by Crippen LogP contribution is 2.33. The molecule has 1 aromatic carbocycles. The molecule has 0 spiro atoms. The molecule has 0 amide bonds. The number of alkyl halides is 3.